The summed E-state index contributed by atoms with van der Waals surface area (Å²) in [6.07, 6.45) is -4.64. The van der Waals surface area contributed by atoms with E-state index in [-0.39, 0.29) is 6.10 Å². The van der Waals surface area contributed by atoms with Gasteiger partial charge in [-0.25, -0.2) is 13.2 Å². The molecule has 1 unspecified atom stereocenters. The second kappa shape index (κ2) is 4.55. The van der Waals surface area contributed by atoms with Crippen LogP contribution in [0.3, 0.4) is 0 Å². The number of hydrogen-bond donors (Lipinski definition) is 0. The van der Waals surface area contributed by atoms with E-state index in [1.54, 1.807) is 13.8 Å². The van der Waals surface area contributed by atoms with Crippen LogP contribution in [-0.4, -0.2) is 25.3 Å². The van der Waals surface area contributed by atoms with Gasteiger partial charge in [-0.3, -0.25) is 0 Å². The first kappa shape index (κ1) is 9.75. The van der Waals surface area contributed by atoms with E-state index >= 15 is 0 Å². The summed E-state index contributed by atoms with van der Waals surface area (Å²) in [5.74, 6) is 0. The molecule has 1 nitrogen and oxygen atoms in total. The fraction of sp³-hybridized carbons (Fsp3) is 1.00. The van der Waals surface area contributed by atoms with E-state index in [2.05, 4.69) is 4.74 Å². The van der Waals surface area contributed by atoms with Crippen LogP contribution in [0.5, 0.6) is 0 Å². The average Bonchev–Trinajstić information content (AvgIpc) is 1.81. The average molecular weight is 156 g/mol. The summed E-state index contributed by atoms with van der Waals surface area (Å²) >= 11 is 0. The van der Waals surface area contributed by atoms with Crippen molar-refractivity contribution < 1.29 is 17.9 Å². The molecule has 10 heavy (non-hydrogen) atoms. The van der Waals surface area contributed by atoms with Crippen molar-refractivity contribution in [3.63, 3.8) is 0 Å². The third-order valence-electron chi connectivity index (χ3n) is 0.880. The lowest BCUT2D eigenvalue weighted by Gasteiger charge is -2.15. The Morgan fingerprint density at radius 3 is 1.90 bits per heavy atom. The first-order valence-corrected chi connectivity index (χ1v) is 3.07. The maximum Gasteiger partial charge on any atom is 0.266 e. The molecule has 0 aromatic rings. The highest BCUT2D eigenvalue weighted by Gasteiger charge is 2.21. The molecule has 0 N–H and O–H groups in total. The van der Waals surface area contributed by atoms with E-state index in [1.807, 2.05) is 0 Å². The predicted octanol–water partition coefficient (Wildman–Crippen LogP) is 2.01. The van der Waals surface area contributed by atoms with Crippen LogP contribution in [0, 0.1) is 0 Å². The molecule has 0 aromatic carbocycles. The van der Waals surface area contributed by atoms with Crippen molar-refractivity contribution in [2.24, 2.45) is 0 Å². The molecule has 0 heterocycles. The lowest BCUT2D eigenvalue weighted by atomic mass is 10.4. The molecule has 62 valence electrons. The molecule has 0 rings (SSSR count). The molecule has 0 spiro atoms. The zero-order chi connectivity index (χ0) is 8.15. The van der Waals surface area contributed by atoms with E-state index in [4.69, 9.17) is 0 Å². The number of hydrogen-bond acceptors (Lipinski definition) is 1. The molecule has 0 aliphatic rings. The van der Waals surface area contributed by atoms with E-state index in [0.717, 1.165) is 0 Å². The molecule has 0 aliphatic heterocycles. The van der Waals surface area contributed by atoms with E-state index in [1.165, 1.54) is 0 Å². The lowest BCUT2D eigenvalue weighted by Crippen LogP contribution is -2.27. The summed E-state index contributed by atoms with van der Waals surface area (Å²) in [7, 11) is 0. The first-order chi connectivity index (χ1) is 4.57. The highest BCUT2D eigenvalue weighted by molar-refractivity contribution is 4.59. The Kier molecular flexibility index (Phi) is 4.43. The Balaban J connectivity index is 3.60. The number of alkyl halides is 3. The zero-order valence-corrected chi connectivity index (χ0v) is 5.98. The van der Waals surface area contributed by atoms with Gasteiger partial charge < -0.3 is 4.74 Å². The van der Waals surface area contributed by atoms with Crippen molar-refractivity contribution in [3.05, 3.63) is 0 Å². The molecular weight excluding hydrogens is 145 g/mol. The van der Waals surface area contributed by atoms with Crippen molar-refractivity contribution in [1.82, 2.24) is 0 Å². The van der Waals surface area contributed by atoms with Gasteiger partial charge in [-0.05, 0) is 13.8 Å². The van der Waals surface area contributed by atoms with Crippen molar-refractivity contribution >= 4 is 0 Å². The molecule has 0 saturated heterocycles. The quantitative estimate of drug-likeness (QED) is 0.605. The summed E-state index contributed by atoms with van der Waals surface area (Å²) in [5, 5.41) is 0. The van der Waals surface area contributed by atoms with Crippen LogP contribution in [-0.2, 0) is 4.74 Å². The molecule has 0 amide bonds. The standard InChI is InChI=1S/C6H11F3O/c1-4(2)10-5(3-7)6(8)9/h4-6H,3H2,1-2H3. The Hall–Kier alpha value is -0.250. The molecule has 4 heteroatoms. The molecule has 0 aliphatic carbocycles. The van der Waals surface area contributed by atoms with Gasteiger partial charge in [0, 0.05) is 0 Å². The summed E-state index contributed by atoms with van der Waals surface area (Å²) in [6.45, 7) is 2.05. The fourth-order valence-electron chi connectivity index (χ4n) is 0.513. The van der Waals surface area contributed by atoms with Crippen molar-refractivity contribution in [3.8, 4) is 0 Å². The van der Waals surface area contributed by atoms with Crippen LogP contribution in [0.25, 0.3) is 0 Å². The van der Waals surface area contributed by atoms with Crippen LogP contribution in [0.4, 0.5) is 13.2 Å². The fourth-order valence-corrected chi connectivity index (χ4v) is 0.513. The minimum absolute atomic E-state index is 0.352. The maximum absolute atomic E-state index is 11.7. The van der Waals surface area contributed by atoms with Gasteiger partial charge in [-0.1, -0.05) is 0 Å². The third kappa shape index (κ3) is 3.71. The second-order valence-corrected chi connectivity index (χ2v) is 2.21. The minimum atomic E-state index is -2.73. The maximum atomic E-state index is 11.7. The SMILES string of the molecule is CC(C)OC(CF)C(F)F. The zero-order valence-electron chi connectivity index (χ0n) is 5.98. The number of ether oxygens (including phenoxy) is 1. The van der Waals surface area contributed by atoms with Crippen LogP contribution in [0.15, 0.2) is 0 Å². The van der Waals surface area contributed by atoms with Crippen molar-refractivity contribution in [2.45, 2.75) is 32.5 Å². The van der Waals surface area contributed by atoms with Gasteiger partial charge in [0.2, 0.25) is 0 Å². The van der Waals surface area contributed by atoms with Crippen LogP contribution >= 0.6 is 0 Å². The van der Waals surface area contributed by atoms with E-state index in [9.17, 15) is 13.2 Å². The molecule has 1 atom stereocenters. The van der Waals surface area contributed by atoms with E-state index in [0.29, 0.717) is 0 Å². The normalized spacial score (nSPS) is 14.7. The van der Waals surface area contributed by atoms with Crippen LogP contribution < -0.4 is 0 Å². The van der Waals surface area contributed by atoms with Gasteiger partial charge in [0.25, 0.3) is 6.43 Å². The first-order valence-electron chi connectivity index (χ1n) is 3.07. The molecular formula is C6H11F3O. The number of halogens is 3. The highest BCUT2D eigenvalue weighted by atomic mass is 19.3. The topological polar surface area (TPSA) is 9.23 Å². The van der Waals surface area contributed by atoms with Gasteiger partial charge in [0.15, 0.2) is 0 Å². The predicted molar refractivity (Wildman–Crippen MR) is 32.0 cm³/mol. The van der Waals surface area contributed by atoms with Crippen LogP contribution in [0.2, 0.25) is 0 Å². The second-order valence-electron chi connectivity index (χ2n) is 2.21. The minimum Gasteiger partial charge on any atom is -0.367 e. The molecule has 0 bridgehead atoms. The summed E-state index contributed by atoms with van der Waals surface area (Å²) in [6, 6.07) is 0. The van der Waals surface area contributed by atoms with Gasteiger partial charge in [-0.15, -0.1) is 0 Å². The summed E-state index contributed by atoms with van der Waals surface area (Å²) < 4.78 is 39.6. The van der Waals surface area contributed by atoms with Crippen molar-refractivity contribution in [1.29, 1.82) is 0 Å². The van der Waals surface area contributed by atoms with Crippen molar-refractivity contribution in [2.75, 3.05) is 6.67 Å². The molecule has 0 radical (unpaired) electrons. The molecule has 0 fully saturated rings. The van der Waals surface area contributed by atoms with E-state index < -0.39 is 19.2 Å². The Labute approximate surface area is 58.2 Å². The molecule has 0 aromatic heterocycles. The summed E-state index contributed by atoms with van der Waals surface area (Å²) in [5.41, 5.74) is 0. The van der Waals surface area contributed by atoms with Crippen LogP contribution in [0.1, 0.15) is 13.8 Å². The van der Waals surface area contributed by atoms with Gasteiger partial charge in [0.1, 0.15) is 12.8 Å². The number of rotatable bonds is 4. The van der Waals surface area contributed by atoms with Gasteiger partial charge in [0.05, 0.1) is 6.10 Å². The third-order valence-corrected chi connectivity index (χ3v) is 0.880. The Morgan fingerprint density at radius 2 is 1.80 bits per heavy atom. The Morgan fingerprint density at radius 1 is 1.30 bits per heavy atom. The van der Waals surface area contributed by atoms with Gasteiger partial charge in [-0.2, -0.15) is 0 Å². The van der Waals surface area contributed by atoms with Gasteiger partial charge >= 0.3 is 0 Å². The molecule has 0 saturated carbocycles. The smallest absolute Gasteiger partial charge is 0.266 e. The summed E-state index contributed by atoms with van der Waals surface area (Å²) in [4.78, 5) is 0. The Bertz CT molecular complexity index is 85.1. The largest absolute Gasteiger partial charge is 0.367 e. The lowest BCUT2D eigenvalue weighted by molar-refractivity contribution is -0.0892. The monoisotopic (exact) mass is 156 g/mol. The highest BCUT2D eigenvalue weighted by Crippen LogP contribution is 2.08.